The molecule has 0 saturated heterocycles. The van der Waals surface area contributed by atoms with Gasteiger partial charge < -0.3 is 5.73 Å². The molecule has 0 aromatic rings. The largest absolute Gasteiger partial charge is 0.402 e. The van der Waals surface area contributed by atoms with E-state index in [9.17, 15) is 0 Å². The first-order chi connectivity index (χ1) is 5.22. The van der Waals surface area contributed by atoms with E-state index in [1.165, 1.54) is 18.4 Å². The lowest BCUT2D eigenvalue weighted by molar-refractivity contribution is 0.766. The molecule has 0 amide bonds. The zero-order valence-electron chi connectivity index (χ0n) is 7.69. The highest BCUT2D eigenvalue weighted by Gasteiger charge is 1.96. The molecule has 2 N–H and O–H groups in total. The third-order valence-corrected chi connectivity index (χ3v) is 1.78. The summed E-state index contributed by atoms with van der Waals surface area (Å²) in [5.41, 5.74) is 8.01. The summed E-state index contributed by atoms with van der Waals surface area (Å²) in [6.07, 6.45) is 6.46. The molecule has 0 heterocycles. The lowest BCUT2D eigenvalue weighted by Crippen LogP contribution is -1.97. The normalized spacial score (nSPS) is 12.5. The summed E-state index contributed by atoms with van der Waals surface area (Å²) in [4.78, 5) is 0. The van der Waals surface area contributed by atoms with Crippen LogP contribution >= 0.6 is 0 Å². The van der Waals surface area contributed by atoms with Gasteiger partial charge >= 0.3 is 0 Å². The lowest BCUT2D eigenvalue weighted by Gasteiger charge is -2.05. The fourth-order valence-electron chi connectivity index (χ4n) is 1.02. The van der Waals surface area contributed by atoms with Crippen LogP contribution in [0.3, 0.4) is 0 Å². The van der Waals surface area contributed by atoms with Crippen molar-refractivity contribution in [2.45, 2.75) is 39.5 Å². The van der Waals surface area contributed by atoms with Crippen molar-refractivity contribution in [3.8, 4) is 0 Å². The average Bonchev–Trinajstić information content (AvgIpc) is 1.97. The Morgan fingerprint density at radius 2 is 2.18 bits per heavy atom. The zero-order chi connectivity index (χ0) is 8.69. The molecular formula is C10H19N. The highest BCUT2D eigenvalue weighted by molar-refractivity contribution is 5.11. The molecule has 0 rings (SSSR count). The van der Waals surface area contributed by atoms with Crippen LogP contribution in [0.4, 0.5) is 0 Å². The molecule has 0 aliphatic rings. The maximum Gasteiger partial charge on any atom is 0.00439 e. The average molecular weight is 153 g/mol. The lowest BCUT2D eigenvalue weighted by atomic mass is 10.0. The summed E-state index contributed by atoms with van der Waals surface area (Å²) >= 11 is 0. The zero-order valence-corrected chi connectivity index (χ0v) is 7.69. The van der Waals surface area contributed by atoms with Gasteiger partial charge in [-0.3, -0.25) is 0 Å². The summed E-state index contributed by atoms with van der Waals surface area (Å²) in [6, 6.07) is 0. The van der Waals surface area contributed by atoms with Crippen LogP contribution in [0.1, 0.15) is 39.5 Å². The second-order valence-electron chi connectivity index (χ2n) is 2.88. The van der Waals surface area contributed by atoms with E-state index in [2.05, 4.69) is 13.5 Å². The van der Waals surface area contributed by atoms with Gasteiger partial charge in [0.15, 0.2) is 0 Å². The van der Waals surface area contributed by atoms with Crippen LogP contribution in [0.15, 0.2) is 23.9 Å². The summed E-state index contributed by atoms with van der Waals surface area (Å²) in [5, 5.41) is 0. The van der Waals surface area contributed by atoms with Crippen LogP contribution in [-0.4, -0.2) is 0 Å². The van der Waals surface area contributed by atoms with Gasteiger partial charge in [-0.1, -0.05) is 19.4 Å². The fourth-order valence-corrected chi connectivity index (χ4v) is 1.02. The van der Waals surface area contributed by atoms with Gasteiger partial charge in [0, 0.05) is 5.70 Å². The Balaban J connectivity index is 3.90. The van der Waals surface area contributed by atoms with Crippen LogP contribution in [0.25, 0.3) is 0 Å². The SMILES string of the molecule is C=CC/C(CCCC)=C(/C)N. The predicted molar refractivity (Wildman–Crippen MR) is 51.2 cm³/mol. The molecule has 0 aromatic carbocycles. The fraction of sp³-hybridized carbons (Fsp3) is 0.600. The van der Waals surface area contributed by atoms with Gasteiger partial charge in [0.05, 0.1) is 0 Å². The van der Waals surface area contributed by atoms with Gasteiger partial charge in [0.25, 0.3) is 0 Å². The monoisotopic (exact) mass is 153 g/mol. The van der Waals surface area contributed by atoms with Crippen molar-refractivity contribution >= 4 is 0 Å². The highest BCUT2D eigenvalue weighted by atomic mass is 14.6. The van der Waals surface area contributed by atoms with Crippen molar-refractivity contribution in [1.82, 2.24) is 0 Å². The summed E-state index contributed by atoms with van der Waals surface area (Å²) in [7, 11) is 0. The quantitative estimate of drug-likeness (QED) is 0.604. The predicted octanol–water partition coefficient (Wildman–Crippen LogP) is 2.99. The maximum atomic E-state index is 5.70. The van der Waals surface area contributed by atoms with Crippen LogP contribution in [0.5, 0.6) is 0 Å². The molecule has 0 bridgehead atoms. The molecule has 0 aliphatic heterocycles. The van der Waals surface area contributed by atoms with E-state index in [1.54, 1.807) is 0 Å². The molecular weight excluding hydrogens is 134 g/mol. The van der Waals surface area contributed by atoms with Crippen LogP contribution in [-0.2, 0) is 0 Å². The van der Waals surface area contributed by atoms with Crippen LogP contribution in [0.2, 0.25) is 0 Å². The molecule has 0 aromatic heterocycles. The van der Waals surface area contributed by atoms with Gasteiger partial charge in [-0.05, 0) is 31.8 Å². The Hall–Kier alpha value is -0.720. The van der Waals surface area contributed by atoms with E-state index in [-0.39, 0.29) is 0 Å². The number of hydrogen-bond acceptors (Lipinski definition) is 1. The molecule has 11 heavy (non-hydrogen) atoms. The molecule has 0 radical (unpaired) electrons. The summed E-state index contributed by atoms with van der Waals surface area (Å²) < 4.78 is 0. The third-order valence-electron chi connectivity index (χ3n) is 1.78. The van der Waals surface area contributed by atoms with Crippen molar-refractivity contribution in [3.05, 3.63) is 23.9 Å². The van der Waals surface area contributed by atoms with Crippen molar-refractivity contribution in [2.24, 2.45) is 5.73 Å². The second kappa shape index (κ2) is 6.02. The number of nitrogens with two attached hydrogens (primary N) is 1. The van der Waals surface area contributed by atoms with Gasteiger partial charge in [0.2, 0.25) is 0 Å². The molecule has 0 unspecified atom stereocenters. The molecule has 1 heteroatoms. The van der Waals surface area contributed by atoms with E-state index < -0.39 is 0 Å². The second-order valence-corrected chi connectivity index (χ2v) is 2.88. The number of unbranched alkanes of at least 4 members (excludes halogenated alkanes) is 1. The van der Waals surface area contributed by atoms with Gasteiger partial charge in [-0.25, -0.2) is 0 Å². The third kappa shape index (κ3) is 4.65. The van der Waals surface area contributed by atoms with E-state index in [4.69, 9.17) is 5.73 Å². The molecule has 1 nitrogen and oxygen atoms in total. The Morgan fingerprint density at radius 3 is 2.55 bits per heavy atom. The molecule has 0 aliphatic carbocycles. The van der Waals surface area contributed by atoms with Gasteiger partial charge in [0.1, 0.15) is 0 Å². The standard InChI is InChI=1S/C10H19N/c1-4-6-8-10(7-5-2)9(3)11/h5H,2,4,6-8,11H2,1,3H3/b10-9+. The Labute approximate surface area is 70.0 Å². The van der Waals surface area contributed by atoms with E-state index in [0.29, 0.717) is 0 Å². The van der Waals surface area contributed by atoms with Crippen molar-refractivity contribution in [1.29, 1.82) is 0 Å². The minimum atomic E-state index is 0.947. The highest BCUT2D eigenvalue weighted by Crippen LogP contribution is 2.13. The Kier molecular flexibility index (Phi) is 5.63. The number of rotatable bonds is 5. The van der Waals surface area contributed by atoms with Crippen LogP contribution < -0.4 is 5.73 Å². The van der Waals surface area contributed by atoms with Gasteiger partial charge in [-0.2, -0.15) is 0 Å². The minimum absolute atomic E-state index is 0.947. The topological polar surface area (TPSA) is 26.0 Å². The van der Waals surface area contributed by atoms with Gasteiger partial charge in [-0.15, -0.1) is 6.58 Å². The summed E-state index contributed by atoms with van der Waals surface area (Å²) in [6.45, 7) is 7.86. The molecule has 0 spiro atoms. The summed E-state index contributed by atoms with van der Waals surface area (Å²) in [5.74, 6) is 0. The Morgan fingerprint density at radius 1 is 1.55 bits per heavy atom. The number of allylic oxidation sites excluding steroid dienone is 3. The Bertz CT molecular complexity index is 141. The van der Waals surface area contributed by atoms with E-state index in [0.717, 1.165) is 18.5 Å². The van der Waals surface area contributed by atoms with E-state index >= 15 is 0 Å². The molecule has 0 saturated carbocycles. The first kappa shape index (κ1) is 10.3. The smallest absolute Gasteiger partial charge is 0.00439 e. The number of hydrogen-bond donors (Lipinski definition) is 1. The maximum absolute atomic E-state index is 5.70. The first-order valence-electron chi connectivity index (χ1n) is 4.27. The van der Waals surface area contributed by atoms with Crippen molar-refractivity contribution < 1.29 is 0 Å². The first-order valence-corrected chi connectivity index (χ1v) is 4.27. The molecule has 64 valence electrons. The van der Waals surface area contributed by atoms with Crippen LogP contribution in [0, 0.1) is 0 Å². The molecule has 0 fully saturated rings. The van der Waals surface area contributed by atoms with Crippen molar-refractivity contribution in [2.75, 3.05) is 0 Å². The molecule has 0 atom stereocenters. The van der Waals surface area contributed by atoms with E-state index in [1.807, 2.05) is 13.0 Å². The minimum Gasteiger partial charge on any atom is -0.402 e. The van der Waals surface area contributed by atoms with Crippen molar-refractivity contribution in [3.63, 3.8) is 0 Å².